The fraction of sp³-hybridized carbons (Fsp3) is 0.875. The van der Waals surface area contributed by atoms with E-state index in [4.69, 9.17) is 4.74 Å². The number of carbonyl (C=O) groups excluding carboxylic acids is 1. The minimum Gasteiger partial charge on any atom is -0.468 e. The molecule has 1 unspecified atom stereocenters. The predicted molar refractivity (Wildman–Crippen MR) is 45.9 cm³/mol. The minimum atomic E-state index is -0.135. The highest BCUT2D eigenvalue weighted by atomic mass is 16.5. The SMILES string of the molecule is COC(=O)C1CN(C)CCN1C. The number of nitrogens with zero attached hydrogens (tertiary/aromatic N) is 2. The van der Waals surface area contributed by atoms with Crippen LogP contribution in [0.4, 0.5) is 0 Å². The fourth-order valence-electron chi connectivity index (χ4n) is 1.40. The Morgan fingerprint density at radius 1 is 1.42 bits per heavy atom. The van der Waals surface area contributed by atoms with Crippen molar-refractivity contribution in [2.24, 2.45) is 0 Å². The minimum absolute atomic E-state index is 0.0891. The van der Waals surface area contributed by atoms with Gasteiger partial charge >= 0.3 is 5.97 Å². The quantitative estimate of drug-likeness (QED) is 0.495. The number of hydrogen-bond donors (Lipinski definition) is 0. The molecule has 0 bridgehead atoms. The molecule has 0 aromatic carbocycles. The Kier molecular flexibility index (Phi) is 3.05. The molecule has 4 heteroatoms. The van der Waals surface area contributed by atoms with Crippen LogP contribution < -0.4 is 0 Å². The monoisotopic (exact) mass is 172 g/mol. The van der Waals surface area contributed by atoms with Crippen LogP contribution in [0.2, 0.25) is 0 Å². The van der Waals surface area contributed by atoms with Gasteiger partial charge in [0, 0.05) is 19.6 Å². The van der Waals surface area contributed by atoms with E-state index >= 15 is 0 Å². The van der Waals surface area contributed by atoms with Gasteiger partial charge < -0.3 is 9.64 Å². The summed E-state index contributed by atoms with van der Waals surface area (Å²) in [7, 11) is 5.41. The zero-order chi connectivity index (χ0) is 9.14. The average molecular weight is 172 g/mol. The van der Waals surface area contributed by atoms with Crippen molar-refractivity contribution in [1.29, 1.82) is 0 Å². The molecule has 0 amide bonds. The number of carbonyl (C=O) groups is 1. The van der Waals surface area contributed by atoms with Gasteiger partial charge in [-0.3, -0.25) is 9.69 Å². The molecular weight excluding hydrogens is 156 g/mol. The Balaban J connectivity index is 2.54. The summed E-state index contributed by atoms with van der Waals surface area (Å²) in [6.45, 7) is 2.71. The van der Waals surface area contributed by atoms with E-state index in [2.05, 4.69) is 4.90 Å². The Labute approximate surface area is 73.1 Å². The van der Waals surface area contributed by atoms with Crippen LogP contribution in [0.3, 0.4) is 0 Å². The zero-order valence-electron chi connectivity index (χ0n) is 7.91. The van der Waals surface area contributed by atoms with Crippen molar-refractivity contribution in [2.45, 2.75) is 6.04 Å². The number of ether oxygens (including phenoxy) is 1. The molecule has 1 aliphatic rings. The second kappa shape index (κ2) is 3.87. The van der Waals surface area contributed by atoms with Crippen LogP contribution in [-0.4, -0.2) is 62.7 Å². The third-order valence-corrected chi connectivity index (χ3v) is 2.32. The van der Waals surface area contributed by atoms with E-state index in [0.717, 1.165) is 19.6 Å². The highest BCUT2D eigenvalue weighted by Gasteiger charge is 2.28. The highest BCUT2D eigenvalue weighted by molar-refractivity contribution is 5.76. The molecule has 0 aromatic heterocycles. The molecule has 1 saturated heterocycles. The zero-order valence-corrected chi connectivity index (χ0v) is 7.91. The van der Waals surface area contributed by atoms with Crippen LogP contribution in [0.5, 0.6) is 0 Å². The van der Waals surface area contributed by atoms with Gasteiger partial charge in [0.2, 0.25) is 0 Å². The summed E-state index contributed by atoms with van der Waals surface area (Å²) in [6, 6.07) is -0.0891. The molecule has 1 rings (SSSR count). The van der Waals surface area contributed by atoms with Gasteiger partial charge in [0.05, 0.1) is 7.11 Å². The Morgan fingerprint density at radius 2 is 2.08 bits per heavy atom. The number of rotatable bonds is 1. The number of piperazine rings is 1. The molecule has 1 heterocycles. The van der Waals surface area contributed by atoms with Gasteiger partial charge in [-0.05, 0) is 14.1 Å². The first-order valence-electron chi connectivity index (χ1n) is 4.11. The molecule has 12 heavy (non-hydrogen) atoms. The Morgan fingerprint density at radius 3 is 2.67 bits per heavy atom. The van der Waals surface area contributed by atoms with E-state index in [1.54, 1.807) is 0 Å². The molecular formula is C8H16N2O2. The van der Waals surface area contributed by atoms with Crippen LogP contribution in [0.25, 0.3) is 0 Å². The molecule has 4 nitrogen and oxygen atoms in total. The van der Waals surface area contributed by atoms with Crippen molar-refractivity contribution < 1.29 is 9.53 Å². The maximum atomic E-state index is 11.2. The summed E-state index contributed by atoms with van der Waals surface area (Å²) in [4.78, 5) is 15.4. The van der Waals surface area contributed by atoms with E-state index in [1.807, 2.05) is 19.0 Å². The predicted octanol–water partition coefficient (Wildman–Crippen LogP) is -0.595. The van der Waals surface area contributed by atoms with E-state index in [9.17, 15) is 4.79 Å². The number of esters is 1. The Bertz CT molecular complexity index is 172. The van der Waals surface area contributed by atoms with E-state index in [-0.39, 0.29) is 12.0 Å². The summed E-state index contributed by atoms with van der Waals surface area (Å²) in [5.74, 6) is -0.135. The second-order valence-corrected chi connectivity index (χ2v) is 3.28. The van der Waals surface area contributed by atoms with Crippen LogP contribution >= 0.6 is 0 Å². The standard InChI is InChI=1S/C8H16N2O2/c1-9-4-5-10(2)7(6-9)8(11)12-3/h7H,4-6H2,1-3H3. The molecule has 1 fully saturated rings. The van der Waals surface area contributed by atoms with E-state index in [0.29, 0.717) is 0 Å². The number of methoxy groups -OCH3 is 1. The molecule has 1 aliphatic heterocycles. The van der Waals surface area contributed by atoms with Gasteiger partial charge in [0.1, 0.15) is 6.04 Å². The van der Waals surface area contributed by atoms with Gasteiger partial charge in [-0.1, -0.05) is 0 Å². The summed E-state index contributed by atoms with van der Waals surface area (Å²) < 4.78 is 4.70. The topological polar surface area (TPSA) is 32.8 Å². The van der Waals surface area contributed by atoms with E-state index < -0.39 is 0 Å². The Hall–Kier alpha value is -0.610. The van der Waals surface area contributed by atoms with E-state index in [1.165, 1.54) is 7.11 Å². The molecule has 0 saturated carbocycles. The summed E-state index contributed by atoms with van der Waals surface area (Å²) in [5.41, 5.74) is 0. The van der Waals surface area contributed by atoms with Crippen LogP contribution in [0.1, 0.15) is 0 Å². The third kappa shape index (κ3) is 1.95. The van der Waals surface area contributed by atoms with Gasteiger partial charge in [-0.2, -0.15) is 0 Å². The average Bonchev–Trinajstić information content (AvgIpc) is 2.08. The van der Waals surface area contributed by atoms with Crippen molar-refractivity contribution in [1.82, 2.24) is 9.80 Å². The second-order valence-electron chi connectivity index (χ2n) is 3.28. The molecule has 1 atom stereocenters. The van der Waals surface area contributed by atoms with Crippen LogP contribution in [0, 0.1) is 0 Å². The largest absolute Gasteiger partial charge is 0.468 e. The molecule has 0 N–H and O–H groups in total. The normalized spacial score (nSPS) is 27.1. The van der Waals surface area contributed by atoms with Gasteiger partial charge in [-0.15, -0.1) is 0 Å². The molecule has 0 aliphatic carbocycles. The molecule has 0 radical (unpaired) electrons. The lowest BCUT2D eigenvalue weighted by Gasteiger charge is -2.35. The summed E-state index contributed by atoms with van der Waals surface area (Å²) in [5, 5.41) is 0. The maximum absolute atomic E-state index is 11.2. The lowest BCUT2D eigenvalue weighted by molar-refractivity contribution is -0.148. The summed E-state index contributed by atoms with van der Waals surface area (Å²) >= 11 is 0. The van der Waals surface area contributed by atoms with Crippen molar-refractivity contribution in [3.05, 3.63) is 0 Å². The first-order chi connectivity index (χ1) is 5.65. The maximum Gasteiger partial charge on any atom is 0.324 e. The van der Waals surface area contributed by atoms with Crippen molar-refractivity contribution in [3.8, 4) is 0 Å². The van der Waals surface area contributed by atoms with Crippen LogP contribution in [-0.2, 0) is 9.53 Å². The first kappa shape index (κ1) is 9.48. The van der Waals surface area contributed by atoms with Gasteiger partial charge in [0.15, 0.2) is 0 Å². The van der Waals surface area contributed by atoms with Crippen LogP contribution in [0.15, 0.2) is 0 Å². The lowest BCUT2D eigenvalue weighted by Crippen LogP contribution is -2.53. The number of hydrogen-bond acceptors (Lipinski definition) is 4. The van der Waals surface area contributed by atoms with Crippen molar-refractivity contribution >= 4 is 5.97 Å². The highest BCUT2D eigenvalue weighted by Crippen LogP contribution is 2.06. The van der Waals surface area contributed by atoms with Gasteiger partial charge in [-0.25, -0.2) is 0 Å². The van der Waals surface area contributed by atoms with Crippen molar-refractivity contribution in [2.75, 3.05) is 40.8 Å². The molecule has 70 valence electrons. The molecule has 0 aromatic rings. The smallest absolute Gasteiger partial charge is 0.324 e. The lowest BCUT2D eigenvalue weighted by atomic mass is 10.2. The third-order valence-electron chi connectivity index (χ3n) is 2.32. The van der Waals surface area contributed by atoms with Crippen molar-refractivity contribution in [3.63, 3.8) is 0 Å². The number of likely N-dealkylation sites (N-methyl/N-ethyl adjacent to an activating group) is 2. The molecule has 0 spiro atoms. The summed E-state index contributed by atoms with van der Waals surface area (Å²) in [6.07, 6.45) is 0. The van der Waals surface area contributed by atoms with Gasteiger partial charge in [0.25, 0.3) is 0 Å². The first-order valence-corrected chi connectivity index (χ1v) is 4.11. The fourth-order valence-corrected chi connectivity index (χ4v) is 1.40.